The molecule has 4 rings (SSSR count). The van der Waals surface area contributed by atoms with E-state index in [1.165, 1.54) is 0 Å². The van der Waals surface area contributed by atoms with E-state index in [4.69, 9.17) is 15.2 Å². The van der Waals surface area contributed by atoms with Crippen molar-refractivity contribution in [2.24, 2.45) is 0 Å². The van der Waals surface area contributed by atoms with E-state index < -0.39 is 6.10 Å². The first-order valence-electron chi connectivity index (χ1n) is 9.91. The van der Waals surface area contributed by atoms with Gasteiger partial charge in [-0.25, -0.2) is 9.13 Å². The standard InChI is InChI=1S/C24H25N3O3/c1-29-22-13-7-8-14-23(22)30-17-19(28)16-27-21-12-6-5-11-20(21)26(24(27)25)15-18-9-3-2-4-10-18/h2-14,19,25,28H,15-17H2,1H3/p+1/t19-/m1/s1. The van der Waals surface area contributed by atoms with Crippen molar-refractivity contribution < 1.29 is 19.1 Å². The molecule has 0 bridgehead atoms. The van der Waals surface area contributed by atoms with Gasteiger partial charge in [-0.1, -0.05) is 54.6 Å². The van der Waals surface area contributed by atoms with Crippen LogP contribution in [0.5, 0.6) is 11.5 Å². The Morgan fingerprint density at radius 1 is 0.933 bits per heavy atom. The molecular weight excluding hydrogens is 378 g/mol. The minimum absolute atomic E-state index is 0.130. The third kappa shape index (κ3) is 4.09. The van der Waals surface area contributed by atoms with Gasteiger partial charge in [-0.2, -0.15) is 0 Å². The largest absolute Gasteiger partial charge is 0.493 e. The molecule has 6 heteroatoms. The number of aliphatic hydroxyl groups excluding tert-OH is 1. The molecule has 0 aliphatic heterocycles. The van der Waals surface area contributed by atoms with Crippen molar-refractivity contribution in [2.75, 3.05) is 19.5 Å². The smallest absolute Gasteiger partial charge is 0.356 e. The second-order valence-corrected chi connectivity index (χ2v) is 7.14. The summed E-state index contributed by atoms with van der Waals surface area (Å²) in [4.78, 5) is 0. The lowest BCUT2D eigenvalue weighted by atomic mass is 10.2. The second-order valence-electron chi connectivity index (χ2n) is 7.14. The van der Waals surface area contributed by atoms with E-state index in [0.29, 0.717) is 30.5 Å². The lowest BCUT2D eigenvalue weighted by Crippen LogP contribution is -2.37. The van der Waals surface area contributed by atoms with Crippen molar-refractivity contribution in [2.45, 2.75) is 19.2 Å². The number of methoxy groups -OCH3 is 1. The fourth-order valence-corrected chi connectivity index (χ4v) is 3.62. The normalized spacial score (nSPS) is 12.1. The van der Waals surface area contributed by atoms with Crippen LogP contribution in [0.25, 0.3) is 11.0 Å². The molecule has 30 heavy (non-hydrogen) atoms. The number of para-hydroxylation sites is 4. The van der Waals surface area contributed by atoms with E-state index in [0.717, 1.165) is 16.6 Å². The Labute approximate surface area is 175 Å². The average Bonchev–Trinajstić information content (AvgIpc) is 3.04. The molecule has 0 unspecified atom stereocenters. The first-order valence-corrected chi connectivity index (χ1v) is 9.91. The zero-order valence-corrected chi connectivity index (χ0v) is 16.9. The van der Waals surface area contributed by atoms with E-state index in [2.05, 4.69) is 16.7 Å². The van der Waals surface area contributed by atoms with E-state index in [-0.39, 0.29) is 6.61 Å². The molecule has 6 nitrogen and oxygen atoms in total. The van der Waals surface area contributed by atoms with Gasteiger partial charge in [0.2, 0.25) is 0 Å². The van der Waals surface area contributed by atoms with Crippen LogP contribution in [-0.4, -0.2) is 29.5 Å². The second kappa shape index (κ2) is 8.88. The SMILES string of the molecule is COc1ccccc1OC[C@H](O)Cn1c(N)[n+](Cc2ccccc2)c2ccccc21. The van der Waals surface area contributed by atoms with Crippen molar-refractivity contribution >= 4 is 17.0 Å². The van der Waals surface area contributed by atoms with Crippen LogP contribution in [0.4, 0.5) is 5.95 Å². The van der Waals surface area contributed by atoms with Crippen molar-refractivity contribution in [3.8, 4) is 11.5 Å². The monoisotopic (exact) mass is 404 g/mol. The molecule has 4 aromatic rings. The highest BCUT2D eigenvalue weighted by atomic mass is 16.5. The first-order chi connectivity index (χ1) is 14.7. The number of hydrogen-bond donors (Lipinski definition) is 2. The van der Waals surface area contributed by atoms with Gasteiger partial charge >= 0.3 is 5.95 Å². The van der Waals surface area contributed by atoms with Crippen LogP contribution in [0, 0.1) is 0 Å². The van der Waals surface area contributed by atoms with E-state index in [1.807, 2.05) is 71.3 Å². The predicted octanol–water partition coefficient (Wildman–Crippen LogP) is 3.01. The van der Waals surface area contributed by atoms with Crippen molar-refractivity contribution in [3.63, 3.8) is 0 Å². The molecule has 0 saturated heterocycles. The summed E-state index contributed by atoms with van der Waals surface area (Å²) in [5.74, 6) is 1.83. The van der Waals surface area contributed by atoms with Gasteiger partial charge in [0.15, 0.2) is 11.5 Å². The van der Waals surface area contributed by atoms with E-state index in [9.17, 15) is 5.11 Å². The van der Waals surface area contributed by atoms with Crippen LogP contribution < -0.4 is 19.8 Å². The van der Waals surface area contributed by atoms with Crippen LogP contribution in [0.1, 0.15) is 5.56 Å². The molecule has 0 spiro atoms. The number of imidazole rings is 1. The van der Waals surface area contributed by atoms with Crippen LogP contribution in [0.15, 0.2) is 78.9 Å². The summed E-state index contributed by atoms with van der Waals surface area (Å²) in [6.07, 6.45) is -0.738. The topological polar surface area (TPSA) is 73.5 Å². The molecule has 3 aromatic carbocycles. The zero-order valence-electron chi connectivity index (χ0n) is 16.9. The third-order valence-electron chi connectivity index (χ3n) is 5.09. The molecule has 0 fully saturated rings. The Morgan fingerprint density at radius 2 is 1.60 bits per heavy atom. The number of nitrogens with zero attached hydrogens (tertiary/aromatic N) is 2. The number of benzene rings is 3. The average molecular weight is 404 g/mol. The summed E-state index contributed by atoms with van der Waals surface area (Å²) in [6, 6.07) is 25.6. The maximum Gasteiger partial charge on any atom is 0.356 e. The molecule has 0 radical (unpaired) electrons. The summed E-state index contributed by atoms with van der Waals surface area (Å²) in [6.45, 7) is 1.11. The number of hydrogen-bond acceptors (Lipinski definition) is 4. The number of nitrogens with two attached hydrogens (primary N) is 1. The fraction of sp³-hybridized carbons (Fsp3) is 0.208. The minimum atomic E-state index is -0.738. The van der Waals surface area contributed by atoms with Crippen molar-refractivity contribution in [1.29, 1.82) is 0 Å². The maximum absolute atomic E-state index is 10.7. The Morgan fingerprint density at radius 3 is 2.37 bits per heavy atom. The van der Waals surface area contributed by atoms with Crippen LogP contribution in [-0.2, 0) is 13.1 Å². The minimum Gasteiger partial charge on any atom is -0.493 e. The van der Waals surface area contributed by atoms with Crippen molar-refractivity contribution in [1.82, 2.24) is 4.57 Å². The quantitative estimate of drug-likeness (QED) is 0.443. The summed E-state index contributed by atoms with van der Waals surface area (Å²) in [7, 11) is 1.59. The predicted molar refractivity (Wildman–Crippen MR) is 117 cm³/mol. The maximum atomic E-state index is 10.7. The Balaban J connectivity index is 1.56. The molecular formula is C24H26N3O3+. The zero-order chi connectivity index (χ0) is 20.9. The Kier molecular flexibility index (Phi) is 5.86. The van der Waals surface area contributed by atoms with E-state index in [1.54, 1.807) is 7.11 Å². The highest BCUT2D eigenvalue weighted by Gasteiger charge is 2.23. The number of anilines is 1. The summed E-state index contributed by atoms with van der Waals surface area (Å²) >= 11 is 0. The van der Waals surface area contributed by atoms with Crippen LogP contribution >= 0.6 is 0 Å². The molecule has 154 valence electrons. The van der Waals surface area contributed by atoms with Gasteiger partial charge in [0.05, 0.1) is 13.7 Å². The van der Waals surface area contributed by atoms with Gasteiger partial charge in [0.25, 0.3) is 0 Å². The lowest BCUT2D eigenvalue weighted by Gasteiger charge is -2.14. The number of fused-ring (bicyclic) bond motifs is 1. The van der Waals surface area contributed by atoms with E-state index >= 15 is 0 Å². The molecule has 0 saturated carbocycles. The van der Waals surface area contributed by atoms with Crippen molar-refractivity contribution in [3.05, 3.63) is 84.4 Å². The molecule has 3 N–H and O–H groups in total. The Bertz CT molecular complexity index is 1130. The summed E-state index contributed by atoms with van der Waals surface area (Å²) in [5.41, 5.74) is 9.68. The highest BCUT2D eigenvalue weighted by Crippen LogP contribution is 2.26. The van der Waals surface area contributed by atoms with Gasteiger partial charge in [-0.15, -0.1) is 0 Å². The molecule has 0 aliphatic carbocycles. The number of nitrogen functional groups attached to an aromatic ring is 1. The number of rotatable bonds is 8. The third-order valence-corrected chi connectivity index (χ3v) is 5.09. The number of aromatic nitrogens is 2. The van der Waals surface area contributed by atoms with Crippen LogP contribution in [0.2, 0.25) is 0 Å². The van der Waals surface area contributed by atoms with Gasteiger partial charge in [0, 0.05) is 0 Å². The molecule has 0 aliphatic rings. The summed E-state index contributed by atoms with van der Waals surface area (Å²) in [5, 5.41) is 10.7. The molecule has 0 amide bonds. The van der Waals surface area contributed by atoms with Gasteiger partial charge in [0.1, 0.15) is 30.3 Å². The highest BCUT2D eigenvalue weighted by molar-refractivity contribution is 5.74. The molecule has 1 atom stereocenters. The number of aliphatic hydroxyl groups is 1. The van der Waals surface area contributed by atoms with Gasteiger partial charge in [-0.05, 0) is 29.8 Å². The molecule has 1 heterocycles. The Hall–Kier alpha value is -3.51. The molecule has 1 aromatic heterocycles. The van der Waals surface area contributed by atoms with Gasteiger partial charge in [-0.3, -0.25) is 5.73 Å². The first kappa shape index (κ1) is 19.8. The van der Waals surface area contributed by atoms with Gasteiger partial charge < -0.3 is 14.6 Å². The summed E-state index contributed by atoms with van der Waals surface area (Å²) < 4.78 is 15.1. The number of ether oxygens (including phenoxy) is 2. The fourth-order valence-electron chi connectivity index (χ4n) is 3.62. The lowest BCUT2D eigenvalue weighted by molar-refractivity contribution is -0.648. The van der Waals surface area contributed by atoms with Crippen LogP contribution in [0.3, 0.4) is 0 Å².